The van der Waals surface area contributed by atoms with Gasteiger partial charge in [0.15, 0.2) is 0 Å². The number of para-hydroxylation sites is 1. The number of urea groups is 1. The number of hydrogen-bond donors (Lipinski definition) is 14. The average molecular weight is 1290 g/mol. The third-order valence-corrected chi connectivity index (χ3v) is 22.6. The number of nitrogens with one attached hydrogen (secondary N) is 12. The second-order valence-corrected chi connectivity index (χ2v) is 29.3. The molecule has 14 N–H and O–H groups in total. The lowest BCUT2D eigenvalue weighted by atomic mass is 10.0. The first-order valence-corrected chi connectivity index (χ1v) is 34.0. The highest BCUT2D eigenvalue weighted by molar-refractivity contribution is 8.21. The Labute approximate surface area is 522 Å². The Balaban J connectivity index is 0.853. The van der Waals surface area contributed by atoms with Crippen LogP contribution in [0.4, 0.5) is 4.79 Å². The summed E-state index contributed by atoms with van der Waals surface area (Å²) in [4.78, 5) is 154. The molecule has 4 saturated heterocycles. The van der Waals surface area contributed by atoms with Crippen LogP contribution in [-0.4, -0.2) is 210 Å². The maximum atomic E-state index is 15.0. The van der Waals surface area contributed by atoms with E-state index in [0.29, 0.717) is 52.0 Å². The van der Waals surface area contributed by atoms with E-state index in [-0.39, 0.29) is 92.0 Å². The molecule has 7 heterocycles. The summed E-state index contributed by atoms with van der Waals surface area (Å²) in [6.07, 6.45) is 3.47. The van der Waals surface area contributed by atoms with E-state index in [1.165, 1.54) is 44.3 Å². The Morgan fingerprint density at radius 2 is 1.38 bits per heavy atom. The van der Waals surface area contributed by atoms with Crippen molar-refractivity contribution in [2.75, 3.05) is 43.4 Å². The van der Waals surface area contributed by atoms with Crippen molar-refractivity contribution in [2.45, 2.75) is 197 Å². The first-order valence-electron chi connectivity index (χ1n) is 30.1. The molecule has 6 aliphatic rings. The van der Waals surface area contributed by atoms with E-state index in [4.69, 9.17) is 0 Å². The topological polar surface area (TPSA) is 380 Å². The number of H-pyrrole nitrogens is 1. The summed E-state index contributed by atoms with van der Waals surface area (Å²) in [5.74, 6) is -4.93. The minimum atomic E-state index is -1.65. The molecule has 6 aliphatic heterocycles. The maximum absolute atomic E-state index is 15.0. The van der Waals surface area contributed by atoms with Gasteiger partial charge in [0.2, 0.25) is 59.1 Å². The van der Waals surface area contributed by atoms with Gasteiger partial charge in [0, 0.05) is 103 Å². The fraction of sp³-hybridized carbons (Fsp3) is 0.667. The monoisotopic (exact) mass is 1290 g/mol. The van der Waals surface area contributed by atoms with Crippen molar-refractivity contribution in [2.24, 2.45) is 0 Å². The first kappa shape index (κ1) is 67.0. The minimum Gasteiger partial charge on any atom is -0.391 e. The highest BCUT2D eigenvalue weighted by atomic mass is 32.2. The number of hydrogen-bond acceptors (Lipinski definition) is 17. The Kier molecular flexibility index (Phi) is 23.9. The zero-order valence-corrected chi connectivity index (χ0v) is 52.7. The molecule has 0 spiro atoms. The van der Waals surface area contributed by atoms with E-state index < -0.39 is 99.9 Å². The second kappa shape index (κ2) is 31.0. The van der Waals surface area contributed by atoms with E-state index in [1.807, 2.05) is 24.8 Å². The number of aromatic amines is 1. The zero-order valence-electron chi connectivity index (χ0n) is 49.4. The standard InChI is InChI=1S/C57H83N13O13S4/c1-29-48(76)63-37-22-35-34-13-7-8-14-36(34)66-54(35)85-28-40(55(82)70-25-32(72)21-41(70)52(80)62-29)65-53(81)46(31(3)71)68-49(77)30(2)61-51(79)38(64-50(37)78)23-57(4)86-26-33(87-57)24-60-45(75)18-17-44(74)59-20-12-6-5-11-19-58-43(73)16-10-9-15-42-47-39(27-84-42)67-56(83)69-47/h7-8,13-14,29-33,37-42,46-47,66,71-72H,5-6,9-12,15-28H2,1-4H3,(H,58,73)(H,59,74)(H,60,75)(H,61,79)(H,62,80)(H,63,76)(H,64,78)(H,65,81)(H,68,77)(H2,67,69,83). The zero-order chi connectivity index (χ0) is 62.5. The van der Waals surface area contributed by atoms with Crippen molar-refractivity contribution in [3.8, 4) is 0 Å². The van der Waals surface area contributed by atoms with Gasteiger partial charge in [-0.1, -0.05) is 37.5 Å². The molecule has 12 amide bonds. The van der Waals surface area contributed by atoms with Gasteiger partial charge in [-0.3, -0.25) is 47.9 Å². The average Bonchev–Trinajstić information content (AvgIpc) is 2.43. The van der Waals surface area contributed by atoms with Gasteiger partial charge in [0.25, 0.3) is 0 Å². The van der Waals surface area contributed by atoms with Crippen molar-refractivity contribution < 1.29 is 63.0 Å². The quantitative estimate of drug-likeness (QED) is 0.0586. The fourth-order valence-corrected chi connectivity index (χ4v) is 17.7. The lowest BCUT2D eigenvalue weighted by molar-refractivity contribution is -0.142. The molecule has 478 valence electrons. The number of aliphatic hydroxyl groups is 2. The molecule has 2 bridgehead atoms. The van der Waals surface area contributed by atoms with E-state index in [0.717, 1.165) is 67.4 Å². The maximum Gasteiger partial charge on any atom is 0.315 e. The lowest BCUT2D eigenvalue weighted by Gasteiger charge is -2.31. The van der Waals surface area contributed by atoms with Gasteiger partial charge in [-0.05, 0) is 65.0 Å². The second-order valence-electron chi connectivity index (χ2n) is 23.4. The molecule has 26 nitrogen and oxygen atoms in total. The fourth-order valence-electron chi connectivity index (χ4n) is 11.6. The summed E-state index contributed by atoms with van der Waals surface area (Å²) in [6, 6.07) is -2.20. The molecule has 1 aromatic heterocycles. The number of benzene rings is 1. The van der Waals surface area contributed by atoms with Crippen LogP contribution in [0.15, 0.2) is 29.3 Å². The van der Waals surface area contributed by atoms with Gasteiger partial charge < -0.3 is 78.6 Å². The first-order chi connectivity index (χ1) is 41.5. The summed E-state index contributed by atoms with van der Waals surface area (Å²) in [5, 5.41) is 53.9. The highest BCUT2D eigenvalue weighted by Gasteiger charge is 2.46. The van der Waals surface area contributed by atoms with E-state index >= 15 is 0 Å². The van der Waals surface area contributed by atoms with Crippen molar-refractivity contribution in [3.63, 3.8) is 0 Å². The predicted molar refractivity (Wildman–Crippen MR) is 331 cm³/mol. The number of aliphatic hydroxyl groups excluding tert-OH is 2. The molecule has 0 saturated carbocycles. The van der Waals surface area contributed by atoms with Gasteiger partial charge in [-0.15, -0.1) is 35.3 Å². The van der Waals surface area contributed by atoms with Crippen LogP contribution >= 0.6 is 47.0 Å². The number of carbonyl (C=O) groups excluding carboxylic acids is 11. The van der Waals surface area contributed by atoms with Crippen LogP contribution in [-0.2, 0) is 54.4 Å². The van der Waals surface area contributed by atoms with Gasteiger partial charge in [0.1, 0.15) is 42.3 Å². The van der Waals surface area contributed by atoms with Gasteiger partial charge in [-0.25, -0.2) is 4.79 Å². The van der Waals surface area contributed by atoms with Crippen LogP contribution in [0.3, 0.4) is 0 Å². The molecule has 87 heavy (non-hydrogen) atoms. The molecule has 30 heteroatoms. The van der Waals surface area contributed by atoms with Crippen LogP contribution in [0.5, 0.6) is 0 Å². The number of aromatic nitrogens is 1. The summed E-state index contributed by atoms with van der Waals surface area (Å²) in [7, 11) is 0. The largest absolute Gasteiger partial charge is 0.391 e. The SMILES string of the molecule is CC1NC(=O)C(CC2(C)SCC(CNC(=O)CCC(=O)NCCCCCCNC(=O)CCCCC3SCC4NC(=O)NC43)S2)NC(=O)C2Cc3c([nH]c4ccccc34)SCC(NC(=O)C(C(C)O)NC1=O)C(=O)N1CC(O)CC1C(=O)NC(C)C(=O)N2. The van der Waals surface area contributed by atoms with Gasteiger partial charge in [-0.2, -0.15) is 11.8 Å². The van der Waals surface area contributed by atoms with Crippen LogP contribution in [0.2, 0.25) is 0 Å². The highest BCUT2D eigenvalue weighted by Crippen LogP contribution is 2.50. The third kappa shape index (κ3) is 18.3. The smallest absolute Gasteiger partial charge is 0.315 e. The predicted octanol–water partition coefficient (Wildman–Crippen LogP) is -0.509. The molecule has 14 unspecified atom stereocenters. The Morgan fingerprint density at radius 3 is 2.10 bits per heavy atom. The Hall–Kier alpha value is -5.95. The lowest BCUT2D eigenvalue weighted by Crippen LogP contribution is -2.61. The van der Waals surface area contributed by atoms with Crippen LogP contribution in [0.25, 0.3) is 10.9 Å². The molecule has 0 radical (unpaired) electrons. The number of rotatable bonds is 20. The number of thioether (sulfide) groups is 4. The Bertz CT molecular complexity index is 2890. The molecule has 0 aliphatic carbocycles. The molecule has 1 aromatic carbocycles. The van der Waals surface area contributed by atoms with Gasteiger partial charge >= 0.3 is 6.03 Å². The summed E-state index contributed by atoms with van der Waals surface area (Å²) < 4.78 is -0.772. The molecule has 2 aromatic rings. The molecule has 4 fully saturated rings. The molecular formula is C57H83N13O13S4. The van der Waals surface area contributed by atoms with Crippen molar-refractivity contribution in [1.29, 1.82) is 0 Å². The normalized spacial score (nSPS) is 30.3. The van der Waals surface area contributed by atoms with Crippen LogP contribution < -0.4 is 58.5 Å². The Morgan fingerprint density at radius 1 is 0.713 bits per heavy atom. The van der Waals surface area contributed by atoms with E-state index in [9.17, 15) is 63.0 Å². The third-order valence-electron chi connectivity index (χ3n) is 16.4. The number of amides is 12. The molecule has 8 rings (SSSR count). The summed E-state index contributed by atoms with van der Waals surface area (Å²) >= 11 is 5.96. The number of nitrogens with zero attached hydrogens (tertiary/aromatic N) is 1. The van der Waals surface area contributed by atoms with E-state index in [1.54, 1.807) is 18.2 Å². The van der Waals surface area contributed by atoms with Crippen molar-refractivity contribution in [3.05, 3.63) is 29.8 Å². The number of fused-ring (bicyclic) bond motifs is 6. The summed E-state index contributed by atoms with van der Waals surface area (Å²) in [6.45, 7) is 6.93. The van der Waals surface area contributed by atoms with E-state index in [2.05, 4.69) is 63.5 Å². The van der Waals surface area contributed by atoms with Crippen LogP contribution in [0.1, 0.15) is 110 Å². The molecule has 14 atom stereocenters. The summed E-state index contributed by atoms with van der Waals surface area (Å²) in [5.41, 5.74) is 1.20. The number of unbranched alkanes of at least 4 members (excludes halogenated alkanes) is 4. The molecular weight excluding hydrogens is 1200 g/mol. The van der Waals surface area contributed by atoms with Gasteiger partial charge in [0.05, 0.1) is 33.4 Å². The minimum absolute atomic E-state index is 0.00252. The van der Waals surface area contributed by atoms with Crippen molar-refractivity contribution in [1.82, 2.24) is 68.4 Å². The number of carbonyl (C=O) groups is 11. The van der Waals surface area contributed by atoms with Crippen LogP contribution in [0, 0.1) is 0 Å². The van der Waals surface area contributed by atoms with Crippen molar-refractivity contribution >= 4 is 123 Å².